The summed E-state index contributed by atoms with van der Waals surface area (Å²) >= 11 is 0. The number of nitrogens with zero attached hydrogens (tertiary/aromatic N) is 14. The number of halogens is 9. The minimum atomic E-state index is -4.49. The molecule has 5 atom stereocenters. The van der Waals surface area contributed by atoms with Gasteiger partial charge in [-0.2, -0.15) is 50.0 Å². The Bertz CT molecular complexity index is 4530. The zero-order chi connectivity index (χ0) is 80.3. The number of hydrogen-bond donors (Lipinski definition) is 2. The second-order valence-corrected chi connectivity index (χ2v) is 29.7. The molecule has 112 heavy (non-hydrogen) atoms. The van der Waals surface area contributed by atoms with Crippen molar-refractivity contribution in [3.05, 3.63) is 201 Å². The van der Waals surface area contributed by atoms with Crippen LogP contribution in [0.4, 0.5) is 39.5 Å². The molecule has 20 nitrogen and oxygen atoms in total. The minimum absolute atomic E-state index is 0. The van der Waals surface area contributed by atoms with Gasteiger partial charge in [0.1, 0.15) is 23.3 Å². The third-order valence-electron chi connectivity index (χ3n) is 21.8. The van der Waals surface area contributed by atoms with Crippen LogP contribution in [0.5, 0.6) is 0 Å². The normalized spacial score (nSPS) is 22.4. The minimum Gasteiger partial charge on any atom is -0.512 e. The molecule has 0 saturated heterocycles. The van der Waals surface area contributed by atoms with Crippen LogP contribution < -0.4 is 62.4 Å². The Labute approximate surface area is 690 Å². The van der Waals surface area contributed by atoms with Crippen LogP contribution in [-0.4, -0.2) is 116 Å². The van der Waals surface area contributed by atoms with Crippen molar-refractivity contribution < 1.29 is 110 Å². The van der Waals surface area contributed by atoms with E-state index in [1.165, 1.54) is 37.0 Å². The number of benzene rings is 4. The maximum absolute atomic E-state index is 13.1. The third-order valence-corrected chi connectivity index (χ3v) is 21.8. The molecule has 8 aliphatic rings. The number of ketones is 3. The SMILES string of the molecule is CCOC1=CC(=O)CCC1.Cc1cccc(C2(C#N)CCCC(=O)C2)c1.Cc1cccc(C2=CC(=O)CCC2)c1.Cc1cccc([C@]2(C#N)CCC[C@@H](N3CCn4c(nnc4C(F)(F)F)C3)C2)c1.Cc1cccc([C@]2(CN)CCC[C@@H](N3CCn4c(nnc4C(F)(F)F)C3)C2)c1.FC(F)(F)c1nnc2n1CCNC2.[C-]#N.[K+]. The molecule has 6 heterocycles. The Morgan fingerprint density at radius 2 is 1.01 bits per heavy atom. The predicted molar refractivity (Wildman–Crippen MR) is 396 cm³/mol. The molecular weight excluding hydrogens is 1480 g/mol. The molecule has 3 N–H and O–H groups in total. The van der Waals surface area contributed by atoms with E-state index in [1.54, 1.807) is 12.2 Å². The van der Waals surface area contributed by atoms with Crippen molar-refractivity contribution in [3.8, 4) is 12.1 Å². The molecule has 0 bridgehead atoms. The van der Waals surface area contributed by atoms with E-state index >= 15 is 0 Å². The van der Waals surface area contributed by atoms with E-state index in [-0.39, 0.29) is 106 Å². The number of nitriles is 2. The topological polar surface area (TPSA) is 268 Å². The molecule has 0 radical (unpaired) electrons. The van der Waals surface area contributed by atoms with Crippen molar-refractivity contribution in [2.45, 2.75) is 236 Å². The van der Waals surface area contributed by atoms with Gasteiger partial charge in [-0.05, 0) is 146 Å². The standard InChI is InChI=1S/C20H26F3N5.C20H22F3N5.C14H15NO.C13H14O.C8H12O2.C6H7F3N4.CN.K/c2*1-14-4-2-5-15(10-14)19(13-24)7-3-6-16(11-19)27-8-9-28-17(12-27)25-26-18(28)20(21,22)23;1-11-4-2-5-12(8-11)14(10-15)7-3-6-13(16)9-14;1-10-4-2-5-11(8-10)12-6-3-7-13(14)9-12;1-2-10-8-5-3-4-7(9)6-8;7-6(8,9)5-12-11-4-3-10-1-2-13(4)5;1-2;/h2,4-5,10,16H,3,6-9,11-13,24H2,1H3;2,4-5,10,16H,3,6-9,11-12H2,1H3;2,4-5,8H,3,6-7,9H2,1H3;2,4-5,8-9H,3,6-7H2,1H3;6H,2-5H2,1H3;10H,1-3H2;;/q;;;;;;-1;+1/t2*16-,19-;;;;;;/m11....../s1. The number of rotatable bonds is 9. The van der Waals surface area contributed by atoms with E-state index < -0.39 is 46.8 Å². The first kappa shape index (κ1) is 89.5. The number of Topliss-reactive ketones (excluding diaryl/α,β-unsaturated/α-hetero) is 1. The van der Waals surface area contributed by atoms with Gasteiger partial charge in [0.2, 0.25) is 17.5 Å². The number of fused-ring (bicyclic) bond motifs is 3. The van der Waals surface area contributed by atoms with Crippen LogP contribution in [0.1, 0.15) is 202 Å². The number of aryl methyl sites for hydroxylation is 4. The van der Waals surface area contributed by atoms with E-state index in [0.29, 0.717) is 95.6 Å². The van der Waals surface area contributed by atoms with Crippen LogP contribution >= 0.6 is 0 Å². The fourth-order valence-electron chi connectivity index (χ4n) is 16.2. The van der Waals surface area contributed by atoms with Crippen LogP contribution in [0.2, 0.25) is 0 Å². The number of nitrogens with two attached hydrogens (primary N) is 1. The van der Waals surface area contributed by atoms with Crippen LogP contribution in [0.15, 0.2) is 115 Å². The molecular formula is C82H96F9KN16O4. The van der Waals surface area contributed by atoms with Gasteiger partial charge in [-0.1, -0.05) is 126 Å². The summed E-state index contributed by atoms with van der Waals surface area (Å²) in [5.74, 6) is -0.0582. The predicted octanol–water partition coefficient (Wildman–Crippen LogP) is 12.3. The van der Waals surface area contributed by atoms with Gasteiger partial charge in [0, 0.05) is 101 Å². The largest absolute Gasteiger partial charge is 1.00 e. The van der Waals surface area contributed by atoms with Crippen molar-refractivity contribution in [2.24, 2.45) is 5.73 Å². The molecule has 7 aromatic rings. The number of carbonyl (C=O) groups is 3. The molecule has 15 rings (SSSR count). The van der Waals surface area contributed by atoms with E-state index in [2.05, 4.69) is 120 Å². The zero-order valence-electron chi connectivity index (χ0n) is 64.4. The molecule has 3 saturated carbocycles. The van der Waals surface area contributed by atoms with Crippen molar-refractivity contribution in [1.82, 2.24) is 59.4 Å². The summed E-state index contributed by atoms with van der Waals surface area (Å²) in [5, 5.41) is 49.5. The zero-order valence-corrected chi connectivity index (χ0v) is 67.5. The van der Waals surface area contributed by atoms with Gasteiger partial charge < -0.3 is 41.3 Å². The Balaban J connectivity index is 0.000000174. The van der Waals surface area contributed by atoms with Crippen LogP contribution in [-0.2, 0) is 93.2 Å². The Hall–Kier alpha value is -8.09. The number of carbonyl (C=O) groups excluding carboxylic acids is 3. The first-order chi connectivity index (χ1) is 53.0. The molecule has 3 aromatic heterocycles. The fourth-order valence-corrected chi connectivity index (χ4v) is 16.2. The summed E-state index contributed by atoms with van der Waals surface area (Å²) in [6.07, 6.45) is 5.48. The molecule has 592 valence electrons. The second-order valence-electron chi connectivity index (χ2n) is 29.7. The molecule has 1 unspecified atom stereocenters. The van der Waals surface area contributed by atoms with Crippen molar-refractivity contribution in [1.29, 1.82) is 15.8 Å². The van der Waals surface area contributed by atoms with E-state index in [9.17, 15) is 64.4 Å². The van der Waals surface area contributed by atoms with Gasteiger partial charge >= 0.3 is 69.9 Å². The maximum atomic E-state index is 13.1. The van der Waals surface area contributed by atoms with Crippen molar-refractivity contribution >= 4 is 22.9 Å². The summed E-state index contributed by atoms with van der Waals surface area (Å²) in [6.45, 7) is 19.6. The Kier molecular flexibility index (Phi) is 32.2. The average molecular weight is 1580 g/mol. The summed E-state index contributed by atoms with van der Waals surface area (Å²) < 4.78 is 124. The van der Waals surface area contributed by atoms with Gasteiger partial charge in [-0.15, -0.1) is 30.6 Å². The number of hydrogen-bond acceptors (Lipinski definition) is 17. The summed E-state index contributed by atoms with van der Waals surface area (Å²) in [4.78, 5) is 38.0. The fraction of sp³-hybridized carbons (Fsp3) is 0.512. The first-order valence-electron chi connectivity index (χ1n) is 37.8. The second kappa shape index (κ2) is 40.3. The average Bonchev–Trinajstić information content (AvgIpc) is 1.44. The van der Waals surface area contributed by atoms with Crippen molar-refractivity contribution in [2.75, 3.05) is 32.8 Å². The van der Waals surface area contributed by atoms with E-state index in [1.807, 2.05) is 69.3 Å². The van der Waals surface area contributed by atoms with Crippen LogP contribution in [0.25, 0.3) is 5.57 Å². The summed E-state index contributed by atoms with van der Waals surface area (Å²) in [7, 11) is 0. The molecule has 30 heteroatoms. The Morgan fingerprint density at radius 3 is 1.50 bits per heavy atom. The third kappa shape index (κ3) is 23.1. The molecule has 5 aliphatic carbocycles. The molecule has 3 fully saturated rings. The van der Waals surface area contributed by atoms with Gasteiger partial charge in [0.15, 0.2) is 11.6 Å². The van der Waals surface area contributed by atoms with Gasteiger partial charge in [-0.3, -0.25) is 24.2 Å². The van der Waals surface area contributed by atoms with Gasteiger partial charge in [0.25, 0.3) is 0 Å². The Morgan fingerprint density at radius 1 is 0.545 bits per heavy atom. The quantitative estimate of drug-likeness (QED) is 0.0772. The number of allylic oxidation sites excluding steroid dienone is 4. The first-order valence-corrected chi connectivity index (χ1v) is 37.8. The number of alkyl halides is 9. The number of nitrogens with one attached hydrogen (secondary N) is 1. The molecule has 4 aromatic carbocycles. The molecule has 3 aliphatic heterocycles. The van der Waals surface area contributed by atoms with E-state index in [0.717, 1.165) is 122 Å². The van der Waals surface area contributed by atoms with E-state index in [4.69, 9.17) is 22.3 Å². The van der Waals surface area contributed by atoms with Crippen LogP contribution in [0, 0.1) is 62.2 Å². The molecule has 0 amide bonds. The monoisotopic (exact) mass is 1580 g/mol. The number of aromatic nitrogens is 9. The number of ether oxygens (including phenoxy) is 1. The smallest absolute Gasteiger partial charge is 0.512 e. The maximum Gasteiger partial charge on any atom is 1.00 e. The van der Waals surface area contributed by atoms with Gasteiger partial charge in [-0.25, -0.2) is 0 Å². The summed E-state index contributed by atoms with van der Waals surface area (Å²) in [5.41, 5.74) is 15.6. The summed E-state index contributed by atoms with van der Waals surface area (Å²) in [6, 6.07) is 38.3. The van der Waals surface area contributed by atoms with Gasteiger partial charge in [0.05, 0.1) is 55.0 Å². The van der Waals surface area contributed by atoms with Crippen molar-refractivity contribution in [3.63, 3.8) is 0 Å². The molecule has 0 spiro atoms. The van der Waals surface area contributed by atoms with Crippen LogP contribution in [0.3, 0.4) is 0 Å².